The van der Waals surface area contributed by atoms with Gasteiger partial charge in [0.2, 0.25) is 0 Å². The number of rotatable bonds is 2. The maximum absolute atomic E-state index is 12.4. The van der Waals surface area contributed by atoms with E-state index in [4.69, 9.17) is 9.47 Å². The van der Waals surface area contributed by atoms with Gasteiger partial charge in [0.1, 0.15) is 17.0 Å². The third kappa shape index (κ3) is 5.15. The summed E-state index contributed by atoms with van der Waals surface area (Å²) >= 11 is 0. The molecule has 2 heterocycles. The third-order valence-electron chi connectivity index (χ3n) is 6.43. The van der Waals surface area contributed by atoms with Crippen LogP contribution < -0.4 is 4.74 Å². The minimum atomic E-state index is -0.480. The molecule has 2 amide bonds. The molecule has 4 rings (SSSR count). The van der Waals surface area contributed by atoms with Gasteiger partial charge in [-0.1, -0.05) is 18.2 Å². The number of hydrogen-bond acceptors (Lipinski definition) is 4. The van der Waals surface area contributed by atoms with E-state index < -0.39 is 5.60 Å². The van der Waals surface area contributed by atoms with E-state index in [0.29, 0.717) is 18.7 Å². The molecule has 1 saturated heterocycles. The number of benzene rings is 2. The van der Waals surface area contributed by atoms with Crippen molar-refractivity contribution >= 4 is 12.0 Å². The summed E-state index contributed by atoms with van der Waals surface area (Å²) < 4.78 is 12.0. The molecule has 6 heteroatoms. The Morgan fingerprint density at radius 2 is 1.61 bits per heavy atom. The maximum atomic E-state index is 12.4. The molecule has 0 aliphatic carbocycles. The van der Waals surface area contributed by atoms with E-state index in [9.17, 15) is 9.59 Å². The number of aryl methyl sites for hydroxylation is 1. The molecular weight excluding hydrogens is 416 g/mol. The average molecular weight is 451 g/mol. The number of nitrogens with zero attached hydrogens (tertiary/aromatic N) is 2. The van der Waals surface area contributed by atoms with Gasteiger partial charge in [-0.15, -0.1) is 0 Å². The number of likely N-dealkylation sites (tertiary alicyclic amines) is 1. The minimum Gasteiger partial charge on any atom is -0.487 e. The van der Waals surface area contributed by atoms with Crippen molar-refractivity contribution < 1.29 is 19.1 Å². The number of carbonyl (C=O) groups excluding carboxylic acids is 2. The van der Waals surface area contributed by atoms with Crippen molar-refractivity contribution in [3.8, 4) is 16.9 Å². The Balaban J connectivity index is 1.42. The second-order valence-electron chi connectivity index (χ2n) is 10.4. The lowest BCUT2D eigenvalue weighted by Gasteiger charge is -2.44. The number of amides is 2. The highest BCUT2D eigenvalue weighted by Gasteiger charge is 2.41. The Kier molecular flexibility index (Phi) is 6.12. The molecule has 0 radical (unpaired) electrons. The summed E-state index contributed by atoms with van der Waals surface area (Å²) in [5.74, 6) is 0.943. The number of piperidine rings is 1. The highest BCUT2D eigenvalue weighted by atomic mass is 16.6. The monoisotopic (exact) mass is 450 g/mol. The van der Waals surface area contributed by atoms with Gasteiger partial charge in [0.15, 0.2) is 0 Å². The van der Waals surface area contributed by atoms with Gasteiger partial charge >= 0.3 is 6.09 Å². The van der Waals surface area contributed by atoms with Crippen LogP contribution in [-0.4, -0.2) is 60.2 Å². The van der Waals surface area contributed by atoms with Gasteiger partial charge < -0.3 is 19.3 Å². The molecule has 0 aromatic heterocycles. The molecule has 0 unspecified atom stereocenters. The topological polar surface area (TPSA) is 59.1 Å². The summed E-state index contributed by atoms with van der Waals surface area (Å²) in [7, 11) is 3.52. The molecule has 2 aliphatic rings. The van der Waals surface area contributed by atoms with Crippen molar-refractivity contribution in [2.24, 2.45) is 0 Å². The average Bonchev–Trinajstić information content (AvgIpc) is 2.77. The number of fused-ring (bicyclic) bond motifs is 1. The van der Waals surface area contributed by atoms with Crippen LogP contribution in [0.5, 0.6) is 5.75 Å². The Labute approximate surface area is 196 Å². The quantitative estimate of drug-likeness (QED) is 0.635. The van der Waals surface area contributed by atoms with Crippen molar-refractivity contribution in [1.82, 2.24) is 9.80 Å². The molecule has 1 fully saturated rings. The lowest BCUT2D eigenvalue weighted by molar-refractivity contribution is -0.0272. The molecule has 0 N–H and O–H groups in total. The Morgan fingerprint density at radius 1 is 0.970 bits per heavy atom. The smallest absolute Gasteiger partial charge is 0.410 e. The molecule has 0 atom stereocenters. The van der Waals surface area contributed by atoms with E-state index in [1.54, 1.807) is 23.9 Å². The second kappa shape index (κ2) is 8.73. The fourth-order valence-electron chi connectivity index (χ4n) is 4.54. The molecule has 0 bridgehead atoms. The Morgan fingerprint density at radius 3 is 2.21 bits per heavy atom. The van der Waals surface area contributed by atoms with E-state index in [2.05, 4.69) is 18.2 Å². The van der Waals surface area contributed by atoms with Gasteiger partial charge in [-0.05, 0) is 74.6 Å². The first-order valence-electron chi connectivity index (χ1n) is 11.7. The SMILES string of the molecule is CN(C)C(=O)c1ccc(-c2ccc3c(c2)CCC2(CCN(C(=O)OC(C)(C)C)CC2)O3)cc1. The van der Waals surface area contributed by atoms with Crippen LogP contribution >= 0.6 is 0 Å². The first kappa shape index (κ1) is 23.1. The third-order valence-corrected chi connectivity index (χ3v) is 6.43. The summed E-state index contributed by atoms with van der Waals surface area (Å²) in [5, 5.41) is 0. The van der Waals surface area contributed by atoms with Crippen LogP contribution in [0.25, 0.3) is 11.1 Å². The molecule has 2 aromatic rings. The molecule has 2 aliphatic heterocycles. The predicted octanol–water partition coefficient (Wildman–Crippen LogP) is 5.15. The first-order valence-corrected chi connectivity index (χ1v) is 11.7. The van der Waals surface area contributed by atoms with Crippen LogP contribution in [0.15, 0.2) is 42.5 Å². The van der Waals surface area contributed by atoms with Crippen LogP contribution in [0, 0.1) is 0 Å². The summed E-state index contributed by atoms with van der Waals surface area (Å²) in [6.07, 6.45) is 3.29. The van der Waals surface area contributed by atoms with Gasteiger partial charge in [0.25, 0.3) is 5.91 Å². The largest absolute Gasteiger partial charge is 0.487 e. The van der Waals surface area contributed by atoms with E-state index >= 15 is 0 Å². The van der Waals surface area contributed by atoms with Gasteiger partial charge in [-0.2, -0.15) is 0 Å². The zero-order valence-corrected chi connectivity index (χ0v) is 20.3. The Bertz CT molecular complexity index is 1030. The summed E-state index contributed by atoms with van der Waals surface area (Å²) in [5.41, 5.74) is 3.41. The van der Waals surface area contributed by atoms with Gasteiger partial charge in [0, 0.05) is 45.6 Å². The molecule has 2 aromatic carbocycles. The van der Waals surface area contributed by atoms with Gasteiger partial charge in [-0.3, -0.25) is 4.79 Å². The standard InChI is InChI=1S/C27H34N2O4/c1-26(2,3)33-25(31)29-16-14-27(15-17-29)13-12-22-18-21(10-11-23(22)32-27)19-6-8-20(9-7-19)24(30)28(4)5/h6-11,18H,12-17H2,1-5H3. The molecule has 0 saturated carbocycles. The molecule has 1 spiro atoms. The van der Waals surface area contributed by atoms with Gasteiger partial charge in [-0.25, -0.2) is 4.79 Å². The fourth-order valence-corrected chi connectivity index (χ4v) is 4.54. The molecule has 176 valence electrons. The molecule has 33 heavy (non-hydrogen) atoms. The predicted molar refractivity (Wildman–Crippen MR) is 129 cm³/mol. The second-order valence-corrected chi connectivity index (χ2v) is 10.4. The van der Waals surface area contributed by atoms with E-state index in [1.807, 2.05) is 45.0 Å². The first-order chi connectivity index (χ1) is 15.6. The van der Waals surface area contributed by atoms with Crippen molar-refractivity contribution in [3.63, 3.8) is 0 Å². The molecular formula is C27H34N2O4. The zero-order chi connectivity index (χ0) is 23.8. The van der Waals surface area contributed by atoms with Crippen molar-refractivity contribution in [1.29, 1.82) is 0 Å². The van der Waals surface area contributed by atoms with Crippen molar-refractivity contribution in [3.05, 3.63) is 53.6 Å². The summed E-state index contributed by atoms with van der Waals surface area (Å²) in [4.78, 5) is 27.9. The van der Waals surface area contributed by atoms with Crippen molar-refractivity contribution in [2.45, 2.75) is 57.7 Å². The maximum Gasteiger partial charge on any atom is 0.410 e. The van der Waals surface area contributed by atoms with Crippen LogP contribution in [0.4, 0.5) is 4.79 Å². The van der Waals surface area contributed by atoms with E-state index in [0.717, 1.165) is 42.6 Å². The number of carbonyl (C=O) groups is 2. The number of ether oxygens (including phenoxy) is 2. The van der Waals surface area contributed by atoms with Crippen molar-refractivity contribution in [2.75, 3.05) is 27.2 Å². The van der Waals surface area contributed by atoms with E-state index in [1.165, 1.54) is 5.56 Å². The minimum absolute atomic E-state index is 0.00315. The summed E-state index contributed by atoms with van der Waals surface area (Å²) in [6.45, 7) is 6.98. The summed E-state index contributed by atoms with van der Waals surface area (Å²) in [6, 6.07) is 14.1. The lowest BCUT2D eigenvalue weighted by Crippen LogP contribution is -2.52. The highest BCUT2D eigenvalue weighted by molar-refractivity contribution is 5.94. The zero-order valence-electron chi connectivity index (χ0n) is 20.3. The van der Waals surface area contributed by atoms with Crippen LogP contribution in [0.2, 0.25) is 0 Å². The van der Waals surface area contributed by atoms with Crippen LogP contribution in [0.3, 0.4) is 0 Å². The highest BCUT2D eigenvalue weighted by Crippen LogP contribution is 2.41. The normalized spacial score (nSPS) is 17.2. The number of hydrogen-bond donors (Lipinski definition) is 0. The van der Waals surface area contributed by atoms with Crippen LogP contribution in [-0.2, 0) is 11.2 Å². The van der Waals surface area contributed by atoms with Gasteiger partial charge in [0.05, 0.1) is 0 Å². The lowest BCUT2D eigenvalue weighted by atomic mass is 9.82. The molecule has 6 nitrogen and oxygen atoms in total. The Hall–Kier alpha value is -3.02. The van der Waals surface area contributed by atoms with Crippen LogP contribution in [0.1, 0.15) is 56.0 Å². The van der Waals surface area contributed by atoms with E-state index in [-0.39, 0.29) is 17.6 Å². The fraction of sp³-hybridized carbons (Fsp3) is 0.481.